The quantitative estimate of drug-likeness (QED) is 0.754. The molecule has 1 aromatic heterocycles. The van der Waals surface area contributed by atoms with Gasteiger partial charge in [0.15, 0.2) is 0 Å². The number of rotatable bonds is 3. The summed E-state index contributed by atoms with van der Waals surface area (Å²) in [6, 6.07) is 5.82. The predicted molar refractivity (Wildman–Crippen MR) is 61.4 cm³/mol. The van der Waals surface area contributed by atoms with Crippen LogP contribution < -0.4 is 11.5 Å². The summed E-state index contributed by atoms with van der Waals surface area (Å²) in [5.74, 6) is 0. The van der Waals surface area contributed by atoms with E-state index in [0.29, 0.717) is 0 Å². The van der Waals surface area contributed by atoms with E-state index in [9.17, 15) is 0 Å². The van der Waals surface area contributed by atoms with Gasteiger partial charge in [0.2, 0.25) is 0 Å². The summed E-state index contributed by atoms with van der Waals surface area (Å²) in [5, 5.41) is 1.15. The van der Waals surface area contributed by atoms with Crippen LogP contribution in [0, 0.1) is 0 Å². The Kier molecular flexibility index (Phi) is 2.65. The summed E-state index contributed by atoms with van der Waals surface area (Å²) in [6.07, 6.45) is 1.96. The van der Waals surface area contributed by atoms with Gasteiger partial charge in [-0.1, -0.05) is 0 Å². The highest BCUT2D eigenvalue weighted by Gasteiger charge is 2.02. The van der Waals surface area contributed by atoms with Gasteiger partial charge in [0.05, 0.1) is 15.2 Å². The standard InChI is InChI=1S/C10H13N3S/c11-5-1-2-10-13-8-4-3-7(12)6-9(8)14-10/h3-4,6H,1-2,5,11-12H2. The van der Waals surface area contributed by atoms with E-state index >= 15 is 0 Å². The van der Waals surface area contributed by atoms with Gasteiger partial charge in [0.1, 0.15) is 0 Å². The van der Waals surface area contributed by atoms with Crippen LogP contribution >= 0.6 is 11.3 Å². The molecule has 0 aliphatic heterocycles. The second-order valence-corrected chi connectivity index (χ2v) is 4.34. The number of thiazole rings is 1. The predicted octanol–water partition coefficient (Wildman–Crippen LogP) is 1.77. The maximum absolute atomic E-state index is 5.69. The average Bonchev–Trinajstić information content (AvgIpc) is 2.56. The highest BCUT2D eigenvalue weighted by Crippen LogP contribution is 2.24. The molecule has 0 spiro atoms. The van der Waals surface area contributed by atoms with Gasteiger partial charge in [-0.15, -0.1) is 11.3 Å². The number of nitrogens with zero attached hydrogens (tertiary/aromatic N) is 1. The lowest BCUT2D eigenvalue weighted by atomic mass is 10.3. The Morgan fingerprint density at radius 3 is 3.00 bits per heavy atom. The Morgan fingerprint density at radius 1 is 1.36 bits per heavy atom. The normalized spacial score (nSPS) is 10.9. The van der Waals surface area contributed by atoms with Crippen molar-refractivity contribution < 1.29 is 0 Å². The van der Waals surface area contributed by atoms with Gasteiger partial charge in [-0.05, 0) is 31.2 Å². The topological polar surface area (TPSA) is 64.9 Å². The third-order valence-corrected chi connectivity index (χ3v) is 3.13. The van der Waals surface area contributed by atoms with Crippen molar-refractivity contribution >= 4 is 27.2 Å². The Bertz CT molecular complexity index is 436. The zero-order valence-corrected chi connectivity index (χ0v) is 8.68. The van der Waals surface area contributed by atoms with Crippen molar-refractivity contribution in [2.45, 2.75) is 12.8 Å². The van der Waals surface area contributed by atoms with E-state index in [4.69, 9.17) is 11.5 Å². The molecule has 0 aliphatic rings. The molecule has 0 saturated heterocycles. The van der Waals surface area contributed by atoms with Crippen LogP contribution in [0.1, 0.15) is 11.4 Å². The summed E-state index contributed by atoms with van der Waals surface area (Å²) >= 11 is 1.70. The maximum atomic E-state index is 5.69. The van der Waals surface area contributed by atoms with Crippen LogP contribution in [0.2, 0.25) is 0 Å². The summed E-state index contributed by atoms with van der Waals surface area (Å²) in [7, 11) is 0. The van der Waals surface area contributed by atoms with Crippen molar-refractivity contribution in [3.63, 3.8) is 0 Å². The smallest absolute Gasteiger partial charge is 0.0939 e. The van der Waals surface area contributed by atoms with Gasteiger partial charge in [0, 0.05) is 12.1 Å². The number of nitrogens with two attached hydrogens (primary N) is 2. The molecule has 0 unspecified atom stereocenters. The fraction of sp³-hybridized carbons (Fsp3) is 0.300. The number of hydrogen-bond donors (Lipinski definition) is 2. The molecule has 1 aromatic carbocycles. The Morgan fingerprint density at radius 2 is 2.21 bits per heavy atom. The van der Waals surface area contributed by atoms with Crippen molar-refractivity contribution in [1.82, 2.24) is 4.98 Å². The van der Waals surface area contributed by atoms with Crippen LogP contribution in [0.4, 0.5) is 5.69 Å². The Hall–Kier alpha value is -1.13. The highest BCUT2D eigenvalue weighted by molar-refractivity contribution is 7.18. The summed E-state index contributed by atoms with van der Waals surface area (Å²) in [5.41, 5.74) is 13.0. The molecular formula is C10H13N3S. The van der Waals surface area contributed by atoms with Crippen molar-refractivity contribution in [2.24, 2.45) is 5.73 Å². The molecule has 2 rings (SSSR count). The molecule has 14 heavy (non-hydrogen) atoms. The average molecular weight is 207 g/mol. The van der Waals surface area contributed by atoms with Gasteiger partial charge in [-0.25, -0.2) is 4.98 Å². The maximum Gasteiger partial charge on any atom is 0.0939 e. The van der Waals surface area contributed by atoms with Gasteiger partial charge in [-0.3, -0.25) is 0 Å². The lowest BCUT2D eigenvalue weighted by Crippen LogP contribution is -1.99. The van der Waals surface area contributed by atoms with E-state index in [1.54, 1.807) is 11.3 Å². The molecule has 0 atom stereocenters. The van der Waals surface area contributed by atoms with Crippen LogP contribution in [-0.4, -0.2) is 11.5 Å². The van der Waals surface area contributed by atoms with Crippen molar-refractivity contribution in [3.05, 3.63) is 23.2 Å². The fourth-order valence-electron chi connectivity index (χ4n) is 1.35. The summed E-state index contributed by atoms with van der Waals surface area (Å²) in [4.78, 5) is 4.50. The monoisotopic (exact) mass is 207 g/mol. The van der Waals surface area contributed by atoms with E-state index in [-0.39, 0.29) is 0 Å². The number of aromatic nitrogens is 1. The van der Waals surface area contributed by atoms with E-state index in [1.807, 2.05) is 18.2 Å². The van der Waals surface area contributed by atoms with Crippen molar-refractivity contribution in [2.75, 3.05) is 12.3 Å². The molecule has 0 saturated carbocycles. The number of anilines is 1. The molecule has 0 radical (unpaired) electrons. The molecule has 74 valence electrons. The first-order valence-corrected chi connectivity index (χ1v) is 5.46. The van der Waals surface area contributed by atoms with E-state index in [1.165, 1.54) is 0 Å². The minimum absolute atomic E-state index is 0.720. The molecule has 0 bridgehead atoms. The van der Waals surface area contributed by atoms with Crippen molar-refractivity contribution in [3.8, 4) is 0 Å². The van der Waals surface area contributed by atoms with Crippen molar-refractivity contribution in [1.29, 1.82) is 0 Å². The van der Waals surface area contributed by atoms with E-state index < -0.39 is 0 Å². The van der Waals surface area contributed by atoms with Gasteiger partial charge < -0.3 is 11.5 Å². The van der Waals surface area contributed by atoms with Crippen LogP contribution in [0.3, 0.4) is 0 Å². The molecule has 4 heteroatoms. The van der Waals surface area contributed by atoms with Gasteiger partial charge in [0.25, 0.3) is 0 Å². The summed E-state index contributed by atoms with van der Waals surface area (Å²) < 4.78 is 1.16. The van der Waals surface area contributed by atoms with Crippen LogP contribution in [0.15, 0.2) is 18.2 Å². The first-order valence-electron chi connectivity index (χ1n) is 4.64. The SMILES string of the molecule is NCCCc1nc2ccc(N)cc2s1. The zero-order valence-electron chi connectivity index (χ0n) is 7.86. The molecule has 0 amide bonds. The highest BCUT2D eigenvalue weighted by atomic mass is 32.1. The number of hydrogen-bond acceptors (Lipinski definition) is 4. The molecule has 4 N–H and O–H groups in total. The molecule has 0 fully saturated rings. The fourth-order valence-corrected chi connectivity index (χ4v) is 2.41. The number of benzene rings is 1. The van der Waals surface area contributed by atoms with E-state index in [2.05, 4.69) is 4.98 Å². The van der Waals surface area contributed by atoms with Crippen LogP contribution in [0.5, 0.6) is 0 Å². The third-order valence-electron chi connectivity index (χ3n) is 2.05. The first kappa shape index (κ1) is 9.43. The minimum atomic E-state index is 0.720. The Balaban J connectivity index is 2.32. The molecule has 2 aromatic rings. The van der Waals surface area contributed by atoms with Crippen LogP contribution in [-0.2, 0) is 6.42 Å². The van der Waals surface area contributed by atoms with Crippen LogP contribution in [0.25, 0.3) is 10.2 Å². The number of nitrogen functional groups attached to an aromatic ring is 1. The lowest BCUT2D eigenvalue weighted by molar-refractivity contribution is 0.828. The second kappa shape index (κ2) is 3.94. The molecule has 0 aliphatic carbocycles. The third kappa shape index (κ3) is 1.86. The molecular weight excluding hydrogens is 194 g/mol. The summed E-state index contributed by atoms with van der Waals surface area (Å²) in [6.45, 7) is 0.720. The largest absolute Gasteiger partial charge is 0.399 e. The second-order valence-electron chi connectivity index (χ2n) is 3.23. The molecule has 1 heterocycles. The van der Waals surface area contributed by atoms with Gasteiger partial charge >= 0.3 is 0 Å². The number of fused-ring (bicyclic) bond motifs is 1. The minimum Gasteiger partial charge on any atom is -0.399 e. The zero-order chi connectivity index (χ0) is 9.97. The lowest BCUT2D eigenvalue weighted by Gasteiger charge is -1.89. The van der Waals surface area contributed by atoms with Gasteiger partial charge in [-0.2, -0.15) is 0 Å². The number of aryl methyl sites for hydroxylation is 1. The van der Waals surface area contributed by atoms with E-state index in [0.717, 1.165) is 40.3 Å². The Labute approximate surface area is 86.7 Å². The molecule has 3 nitrogen and oxygen atoms in total. The first-order chi connectivity index (χ1) is 6.79.